The van der Waals surface area contributed by atoms with Gasteiger partial charge in [-0.3, -0.25) is 0 Å². The first kappa shape index (κ1) is 15.2. The van der Waals surface area contributed by atoms with Crippen LogP contribution in [0.4, 0.5) is 0 Å². The van der Waals surface area contributed by atoms with E-state index in [1.165, 1.54) is 6.33 Å². The minimum Gasteiger partial charge on any atom is -0.457 e. The van der Waals surface area contributed by atoms with Gasteiger partial charge in [0.15, 0.2) is 5.15 Å². The monoisotopic (exact) mass is 399 g/mol. The quantitative estimate of drug-likeness (QED) is 0.418. The van der Waals surface area contributed by atoms with Gasteiger partial charge in [0.1, 0.15) is 28.9 Å². The van der Waals surface area contributed by atoms with Crippen LogP contribution in [0, 0.1) is 0 Å². The van der Waals surface area contributed by atoms with Gasteiger partial charge in [-0.05, 0) is 52.3 Å². The molecule has 118 valence electrons. The molecule has 4 rings (SSSR count). The van der Waals surface area contributed by atoms with Crippen LogP contribution < -0.4 is 4.74 Å². The van der Waals surface area contributed by atoms with Gasteiger partial charge in [0.2, 0.25) is 0 Å². The molecule has 2 aromatic carbocycles. The van der Waals surface area contributed by atoms with Crippen LogP contribution in [0.1, 0.15) is 0 Å². The number of para-hydroxylation sites is 1. The molecule has 6 heteroatoms. The van der Waals surface area contributed by atoms with Gasteiger partial charge in [-0.1, -0.05) is 29.8 Å². The fourth-order valence-corrected chi connectivity index (χ4v) is 3.21. The van der Waals surface area contributed by atoms with Crippen molar-refractivity contribution in [1.29, 1.82) is 0 Å². The van der Waals surface area contributed by atoms with E-state index in [-0.39, 0.29) is 0 Å². The van der Waals surface area contributed by atoms with E-state index < -0.39 is 0 Å². The molecule has 0 unspecified atom stereocenters. The standard InChI is InChI=1S/C18H11BrClN3O/c19-15-10-23(17-16(15)21-11-22-18(17)20)12-6-8-14(9-7-12)24-13-4-2-1-3-5-13/h1-11H. The summed E-state index contributed by atoms with van der Waals surface area (Å²) in [5.41, 5.74) is 2.49. The molecule has 2 aromatic heterocycles. The predicted molar refractivity (Wildman–Crippen MR) is 98.1 cm³/mol. The summed E-state index contributed by atoms with van der Waals surface area (Å²) in [6.07, 6.45) is 3.38. The summed E-state index contributed by atoms with van der Waals surface area (Å²) < 4.78 is 8.64. The highest BCUT2D eigenvalue weighted by Gasteiger charge is 2.13. The van der Waals surface area contributed by atoms with E-state index in [1.54, 1.807) is 0 Å². The Bertz CT molecular complexity index is 1000. The predicted octanol–water partition coefficient (Wildman–Crippen LogP) is 5.63. The summed E-state index contributed by atoms with van der Waals surface area (Å²) in [4.78, 5) is 8.34. The second-order valence-electron chi connectivity index (χ2n) is 5.12. The normalized spacial score (nSPS) is 10.9. The molecule has 4 nitrogen and oxygen atoms in total. The molecule has 0 saturated heterocycles. The minimum absolute atomic E-state index is 0.412. The molecular formula is C18H11BrClN3O. The van der Waals surface area contributed by atoms with Gasteiger partial charge in [0, 0.05) is 11.9 Å². The second-order valence-corrected chi connectivity index (χ2v) is 6.33. The molecule has 0 radical (unpaired) electrons. The first-order valence-corrected chi connectivity index (χ1v) is 8.40. The molecule has 0 fully saturated rings. The zero-order valence-corrected chi connectivity index (χ0v) is 14.7. The zero-order valence-electron chi connectivity index (χ0n) is 12.4. The molecule has 0 atom stereocenters. The number of hydrogen-bond donors (Lipinski definition) is 0. The van der Waals surface area contributed by atoms with Crippen LogP contribution in [0.25, 0.3) is 16.7 Å². The molecule has 0 aliphatic rings. The van der Waals surface area contributed by atoms with Gasteiger partial charge in [-0.15, -0.1) is 0 Å². The number of benzene rings is 2. The number of fused-ring (bicyclic) bond motifs is 1. The Morgan fingerprint density at radius 3 is 2.38 bits per heavy atom. The van der Waals surface area contributed by atoms with Crippen LogP contribution >= 0.6 is 27.5 Å². The lowest BCUT2D eigenvalue weighted by atomic mass is 10.3. The average molecular weight is 401 g/mol. The van der Waals surface area contributed by atoms with Crippen molar-refractivity contribution < 1.29 is 4.74 Å². The Kier molecular flexibility index (Phi) is 3.96. The van der Waals surface area contributed by atoms with Crippen molar-refractivity contribution in [2.24, 2.45) is 0 Å². The minimum atomic E-state index is 0.412. The summed E-state index contributed by atoms with van der Waals surface area (Å²) >= 11 is 9.76. The molecule has 0 bridgehead atoms. The molecule has 0 saturated carbocycles. The van der Waals surface area contributed by atoms with Crippen molar-refractivity contribution >= 4 is 38.6 Å². The summed E-state index contributed by atoms with van der Waals surface area (Å²) in [5, 5.41) is 0.412. The molecule has 0 aliphatic carbocycles. The summed E-state index contributed by atoms with van der Waals surface area (Å²) in [6, 6.07) is 17.4. The summed E-state index contributed by atoms with van der Waals surface area (Å²) in [5.74, 6) is 1.57. The van der Waals surface area contributed by atoms with Crippen molar-refractivity contribution in [3.8, 4) is 17.2 Å². The molecule has 0 amide bonds. The maximum atomic E-state index is 6.25. The Labute approximate surface area is 151 Å². The third kappa shape index (κ3) is 2.77. The SMILES string of the molecule is Clc1ncnc2c(Br)cn(-c3ccc(Oc4ccccc4)cc3)c12. The number of hydrogen-bond acceptors (Lipinski definition) is 3. The van der Waals surface area contributed by atoms with E-state index in [0.717, 1.165) is 32.7 Å². The van der Waals surface area contributed by atoms with Crippen molar-refractivity contribution in [2.75, 3.05) is 0 Å². The molecule has 2 heterocycles. The highest BCUT2D eigenvalue weighted by molar-refractivity contribution is 9.10. The lowest BCUT2D eigenvalue weighted by Gasteiger charge is -2.08. The topological polar surface area (TPSA) is 39.9 Å². The van der Waals surface area contributed by atoms with E-state index in [2.05, 4.69) is 25.9 Å². The third-order valence-electron chi connectivity index (χ3n) is 3.58. The van der Waals surface area contributed by atoms with Gasteiger partial charge < -0.3 is 9.30 Å². The van der Waals surface area contributed by atoms with Gasteiger partial charge >= 0.3 is 0 Å². The smallest absolute Gasteiger partial charge is 0.157 e. The van der Waals surface area contributed by atoms with Crippen LogP contribution in [-0.2, 0) is 0 Å². The van der Waals surface area contributed by atoms with E-state index in [1.807, 2.05) is 65.4 Å². The van der Waals surface area contributed by atoms with Crippen LogP contribution in [0.15, 0.2) is 71.6 Å². The van der Waals surface area contributed by atoms with Crippen molar-refractivity contribution in [3.05, 3.63) is 76.7 Å². The first-order chi connectivity index (χ1) is 11.7. The Hall–Kier alpha value is -2.37. The van der Waals surface area contributed by atoms with Gasteiger partial charge in [0.05, 0.1) is 4.47 Å². The average Bonchev–Trinajstić information content (AvgIpc) is 2.95. The van der Waals surface area contributed by atoms with Gasteiger partial charge in [-0.25, -0.2) is 9.97 Å². The molecule has 24 heavy (non-hydrogen) atoms. The Morgan fingerprint density at radius 1 is 0.917 bits per heavy atom. The lowest BCUT2D eigenvalue weighted by Crippen LogP contribution is -1.94. The van der Waals surface area contributed by atoms with Crippen LogP contribution in [0.3, 0.4) is 0 Å². The molecule has 0 spiro atoms. The number of nitrogens with zero attached hydrogens (tertiary/aromatic N) is 3. The highest BCUT2D eigenvalue weighted by atomic mass is 79.9. The van der Waals surface area contributed by atoms with E-state index in [4.69, 9.17) is 16.3 Å². The van der Waals surface area contributed by atoms with Gasteiger partial charge in [0.25, 0.3) is 0 Å². The molecule has 4 aromatic rings. The number of aromatic nitrogens is 3. The third-order valence-corrected chi connectivity index (χ3v) is 4.44. The largest absolute Gasteiger partial charge is 0.457 e. The maximum absolute atomic E-state index is 6.25. The molecule has 0 N–H and O–H groups in total. The fraction of sp³-hybridized carbons (Fsp3) is 0. The van der Waals surface area contributed by atoms with Crippen molar-refractivity contribution in [1.82, 2.24) is 14.5 Å². The van der Waals surface area contributed by atoms with Crippen LogP contribution in [-0.4, -0.2) is 14.5 Å². The maximum Gasteiger partial charge on any atom is 0.157 e. The molecular weight excluding hydrogens is 390 g/mol. The number of halogens is 2. The Morgan fingerprint density at radius 2 is 1.62 bits per heavy atom. The van der Waals surface area contributed by atoms with Crippen LogP contribution in [0.5, 0.6) is 11.5 Å². The molecule has 0 aliphatic heterocycles. The Balaban J connectivity index is 1.71. The second kappa shape index (κ2) is 6.26. The van der Waals surface area contributed by atoms with Crippen molar-refractivity contribution in [3.63, 3.8) is 0 Å². The van der Waals surface area contributed by atoms with E-state index >= 15 is 0 Å². The highest BCUT2D eigenvalue weighted by Crippen LogP contribution is 2.31. The van der Waals surface area contributed by atoms with E-state index in [9.17, 15) is 0 Å². The zero-order chi connectivity index (χ0) is 16.5. The number of ether oxygens (including phenoxy) is 1. The first-order valence-electron chi connectivity index (χ1n) is 7.23. The fourth-order valence-electron chi connectivity index (χ4n) is 2.49. The van der Waals surface area contributed by atoms with Gasteiger partial charge in [-0.2, -0.15) is 0 Å². The van der Waals surface area contributed by atoms with Crippen LogP contribution in [0.2, 0.25) is 5.15 Å². The summed E-state index contributed by atoms with van der Waals surface area (Å²) in [7, 11) is 0. The summed E-state index contributed by atoms with van der Waals surface area (Å²) in [6.45, 7) is 0. The number of rotatable bonds is 3. The van der Waals surface area contributed by atoms with E-state index in [0.29, 0.717) is 5.15 Å². The van der Waals surface area contributed by atoms with Crippen molar-refractivity contribution in [2.45, 2.75) is 0 Å². The lowest BCUT2D eigenvalue weighted by molar-refractivity contribution is 0.482.